The molecule has 178 valence electrons. The lowest BCUT2D eigenvalue weighted by Crippen LogP contribution is -2.65. The Morgan fingerprint density at radius 3 is 2.31 bits per heavy atom. The third-order valence-corrected chi connectivity index (χ3v) is 5.70. The molecule has 0 N–H and O–H groups in total. The summed E-state index contributed by atoms with van der Waals surface area (Å²) in [5.41, 5.74) is -5.31. The van der Waals surface area contributed by atoms with Gasteiger partial charge in [0.1, 0.15) is 18.3 Å². The van der Waals surface area contributed by atoms with E-state index >= 15 is 0 Å². The highest BCUT2D eigenvalue weighted by Gasteiger charge is 2.59. The molecule has 6 atom stereocenters. The third kappa shape index (κ3) is 5.04. The summed E-state index contributed by atoms with van der Waals surface area (Å²) in [6.45, 7) is 0.615. The molecule has 0 aliphatic carbocycles. The lowest BCUT2D eigenvalue weighted by Gasteiger charge is -2.47. The zero-order valence-electron chi connectivity index (χ0n) is 16.7. The van der Waals surface area contributed by atoms with Gasteiger partial charge in [-0.15, -0.1) is 0 Å². The fourth-order valence-corrected chi connectivity index (χ4v) is 3.92. The summed E-state index contributed by atoms with van der Waals surface area (Å²) in [4.78, 5) is 23.8. The molecule has 0 amide bonds. The molecule has 0 saturated carbocycles. The fraction of sp³-hybridized carbons (Fsp3) is 0.556. The molecular weight excluding hydrogens is 465 g/mol. The van der Waals surface area contributed by atoms with Crippen molar-refractivity contribution in [2.45, 2.75) is 49.2 Å². The van der Waals surface area contributed by atoms with E-state index in [0.29, 0.717) is 5.56 Å². The van der Waals surface area contributed by atoms with Crippen LogP contribution in [0.15, 0.2) is 30.3 Å². The Hall–Kier alpha value is -2.26. The van der Waals surface area contributed by atoms with E-state index in [-0.39, 0.29) is 6.61 Å². The van der Waals surface area contributed by atoms with Crippen LogP contribution < -0.4 is 0 Å². The van der Waals surface area contributed by atoms with Gasteiger partial charge in [0.05, 0.1) is 13.7 Å². The first-order valence-corrected chi connectivity index (χ1v) is 10.6. The van der Waals surface area contributed by atoms with Crippen LogP contribution in [0.4, 0.5) is 13.2 Å². The van der Waals surface area contributed by atoms with E-state index in [2.05, 4.69) is 8.92 Å². The molecule has 2 saturated heterocycles. The molecule has 3 rings (SSSR count). The smallest absolute Gasteiger partial charge is 0.467 e. The number of carbonyl (C=O) groups is 2. The number of rotatable bonds is 5. The molecule has 1 aromatic carbocycles. The van der Waals surface area contributed by atoms with Crippen molar-refractivity contribution in [1.29, 1.82) is 0 Å². The van der Waals surface area contributed by atoms with Crippen molar-refractivity contribution >= 4 is 22.1 Å². The summed E-state index contributed by atoms with van der Waals surface area (Å²) >= 11 is 0. The average molecular weight is 484 g/mol. The summed E-state index contributed by atoms with van der Waals surface area (Å²) in [7, 11) is -5.21. The molecule has 2 aliphatic heterocycles. The van der Waals surface area contributed by atoms with Gasteiger partial charge in [0, 0.05) is 12.5 Å². The van der Waals surface area contributed by atoms with E-state index in [9.17, 15) is 31.2 Å². The van der Waals surface area contributed by atoms with Crippen LogP contribution in [0.1, 0.15) is 18.8 Å². The van der Waals surface area contributed by atoms with Crippen molar-refractivity contribution < 1.29 is 59.0 Å². The molecule has 0 unspecified atom stereocenters. The maximum Gasteiger partial charge on any atom is 0.523 e. The van der Waals surface area contributed by atoms with Crippen molar-refractivity contribution in [1.82, 2.24) is 0 Å². The number of ether oxygens (including phenoxy) is 5. The number of alkyl halides is 3. The van der Waals surface area contributed by atoms with Gasteiger partial charge in [0.15, 0.2) is 18.5 Å². The molecule has 2 fully saturated rings. The van der Waals surface area contributed by atoms with Crippen LogP contribution >= 0.6 is 0 Å². The van der Waals surface area contributed by atoms with Crippen LogP contribution in [0.25, 0.3) is 0 Å². The Kier molecular flexibility index (Phi) is 7.09. The second-order valence-corrected chi connectivity index (χ2v) is 8.39. The summed E-state index contributed by atoms with van der Waals surface area (Å²) in [6, 6.07) is 8.24. The van der Waals surface area contributed by atoms with Crippen LogP contribution in [-0.2, 0) is 47.6 Å². The van der Waals surface area contributed by atoms with Gasteiger partial charge >= 0.3 is 27.6 Å². The Labute approximate surface area is 180 Å². The van der Waals surface area contributed by atoms with Crippen LogP contribution in [-0.4, -0.2) is 70.1 Å². The predicted octanol–water partition coefficient (Wildman–Crippen LogP) is 1.21. The molecule has 0 spiro atoms. The normalized spacial score (nSPS) is 30.8. The molecule has 10 nitrogen and oxygen atoms in total. The van der Waals surface area contributed by atoms with Crippen LogP contribution in [0, 0.1) is 0 Å². The van der Waals surface area contributed by atoms with Crippen LogP contribution in [0.3, 0.4) is 0 Å². The first-order chi connectivity index (χ1) is 14.9. The number of fused-ring (bicyclic) bond motifs is 1. The number of benzene rings is 1. The van der Waals surface area contributed by atoms with Crippen LogP contribution in [0.2, 0.25) is 0 Å². The standard InChI is InChI=1S/C18H19F3O10S/c1-9(22)28-13-14(31-32(24,25)18(19,20)21)12-11(29-15(13)16(23)26-2)8-27-17(30-12)10-6-4-3-5-7-10/h3-7,11-15,17H,8H2,1-2H3/t11-,12-,13+,14-,15-,17-/m0/s1. The molecule has 2 aliphatic rings. The molecule has 0 aromatic heterocycles. The Balaban J connectivity index is 2.01. The van der Waals surface area contributed by atoms with Crippen molar-refractivity contribution in [2.75, 3.05) is 13.7 Å². The first-order valence-electron chi connectivity index (χ1n) is 9.16. The summed E-state index contributed by atoms with van der Waals surface area (Å²) in [6.07, 6.45) is -9.68. The Morgan fingerprint density at radius 2 is 1.75 bits per heavy atom. The summed E-state index contributed by atoms with van der Waals surface area (Å²) < 4.78 is 93.4. The molecule has 32 heavy (non-hydrogen) atoms. The van der Waals surface area contributed by atoms with Gasteiger partial charge in [0.25, 0.3) is 0 Å². The molecular formula is C18H19F3O10S. The summed E-state index contributed by atoms with van der Waals surface area (Å²) in [5, 5.41) is 0. The minimum absolute atomic E-state index is 0.295. The quantitative estimate of drug-likeness (QED) is 0.342. The highest BCUT2D eigenvalue weighted by Crippen LogP contribution is 2.39. The van der Waals surface area contributed by atoms with E-state index < -0.39 is 64.4 Å². The first kappa shape index (κ1) is 24.4. The number of esters is 2. The van der Waals surface area contributed by atoms with Crippen molar-refractivity contribution in [3.05, 3.63) is 35.9 Å². The highest BCUT2D eigenvalue weighted by molar-refractivity contribution is 7.87. The maximum absolute atomic E-state index is 13.1. The molecule has 0 radical (unpaired) electrons. The van der Waals surface area contributed by atoms with Crippen molar-refractivity contribution in [2.24, 2.45) is 0 Å². The molecule has 1 aromatic rings. The van der Waals surface area contributed by atoms with E-state index in [1.165, 1.54) is 0 Å². The monoisotopic (exact) mass is 484 g/mol. The maximum atomic E-state index is 13.1. The van der Waals surface area contributed by atoms with E-state index in [1.807, 2.05) is 0 Å². The lowest BCUT2D eigenvalue weighted by molar-refractivity contribution is -0.323. The van der Waals surface area contributed by atoms with Gasteiger partial charge in [0.2, 0.25) is 0 Å². The molecule has 2 heterocycles. The topological polar surface area (TPSA) is 124 Å². The van der Waals surface area contributed by atoms with E-state index in [1.54, 1.807) is 30.3 Å². The average Bonchev–Trinajstić information content (AvgIpc) is 2.73. The largest absolute Gasteiger partial charge is 0.523 e. The van der Waals surface area contributed by atoms with Gasteiger partial charge < -0.3 is 23.7 Å². The SMILES string of the molecule is COC(=O)[C@H]1O[C@H]2CO[C@H](c3ccccc3)O[C@@H]2[C@H](OS(=O)(=O)C(F)(F)F)[C@H]1OC(C)=O. The Bertz CT molecular complexity index is 936. The fourth-order valence-electron chi connectivity index (χ4n) is 3.30. The third-order valence-electron chi connectivity index (χ3n) is 4.65. The predicted molar refractivity (Wildman–Crippen MR) is 96.1 cm³/mol. The van der Waals surface area contributed by atoms with E-state index in [4.69, 9.17) is 18.9 Å². The number of halogens is 3. The molecule has 0 bridgehead atoms. The second-order valence-electron chi connectivity index (χ2n) is 6.83. The van der Waals surface area contributed by atoms with Gasteiger partial charge in [-0.1, -0.05) is 30.3 Å². The number of methoxy groups -OCH3 is 1. The lowest BCUT2D eigenvalue weighted by atomic mass is 9.93. The second kappa shape index (κ2) is 9.31. The summed E-state index contributed by atoms with van der Waals surface area (Å²) in [5.74, 6) is -2.16. The van der Waals surface area contributed by atoms with Crippen molar-refractivity contribution in [3.8, 4) is 0 Å². The Morgan fingerprint density at radius 1 is 1.09 bits per heavy atom. The number of hydrogen-bond donors (Lipinski definition) is 0. The van der Waals surface area contributed by atoms with Crippen LogP contribution in [0.5, 0.6) is 0 Å². The van der Waals surface area contributed by atoms with E-state index in [0.717, 1.165) is 14.0 Å². The van der Waals surface area contributed by atoms with Crippen molar-refractivity contribution in [3.63, 3.8) is 0 Å². The van der Waals surface area contributed by atoms with Gasteiger partial charge in [-0.05, 0) is 0 Å². The minimum Gasteiger partial charge on any atom is -0.467 e. The highest BCUT2D eigenvalue weighted by atomic mass is 32.2. The zero-order chi connectivity index (χ0) is 23.7. The van der Waals surface area contributed by atoms with Gasteiger partial charge in [-0.2, -0.15) is 21.6 Å². The number of hydrogen-bond acceptors (Lipinski definition) is 10. The minimum atomic E-state index is -6.17. The van der Waals surface area contributed by atoms with Gasteiger partial charge in [-0.3, -0.25) is 8.98 Å². The number of carbonyl (C=O) groups excluding carboxylic acids is 2. The zero-order valence-corrected chi connectivity index (χ0v) is 17.5. The van der Waals surface area contributed by atoms with Gasteiger partial charge in [-0.25, -0.2) is 4.79 Å². The molecule has 14 heteroatoms.